The minimum atomic E-state index is -3.01. The second-order valence-corrected chi connectivity index (χ2v) is 10.4. The van der Waals surface area contributed by atoms with E-state index in [2.05, 4.69) is 15.8 Å². The van der Waals surface area contributed by atoms with Gasteiger partial charge >= 0.3 is 0 Å². The van der Waals surface area contributed by atoms with Crippen molar-refractivity contribution < 1.29 is 18.0 Å². The molecule has 2 aliphatic rings. The molecular formula is C17H23N3O4S2. The summed E-state index contributed by atoms with van der Waals surface area (Å²) < 4.78 is 22.9. The molecule has 0 aromatic carbocycles. The normalized spacial score (nSPS) is 22.2. The van der Waals surface area contributed by atoms with Gasteiger partial charge in [0.25, 0.3) is 5.91 Å². The van der Waals surface area contributed by atoms with Gasteiger partial charge in [0.05, 0.1) is 17.1 Å². The van der Waals surface area contributed by atoms with Crippen LogP contribution in [0.3, 0.4) is 0 Å². The van der Waals surface area contributed by atoms with E-state index in [9.17, 15) is 18.0 Å². The number of amides is 2. The maximum atomic E-state index is 12.4. The third-order valence-corrected chi connectivity index (χ3v) is 7.90. The van der Waals surface area contributed by atoms with Gasteiger partial charge in [0.2, 0.25) is 5.91 Å². The zero-order chi connectivity index (χ0) is 18.6. The van der Waals surface area contributed by atoms with Crippen LogP contribution in [-0.4, -0.2) is 42.0 Å². The highest BCUT2D eigenvalue weighted by molar-refractivity contribution is 8.00. The first-order valence-corrected chi connectivity index (χ1v) is 11.5. The molecule has 142 valence electrons. The molecule has 1 atom stereocenters. The molecule has 2 fully saturated rings. The number of carbonyl (C=O) groups excluding carboxylic acids is 2. The SMILES string of the molecule is O=C(CC1CCS(=O)(=O)C1)NNC(=O)c1cccnc1SC1CCCC1. The predicted molar refractivity (Wildman–Crippen MR) is 99.3 cm³/mol. The van der Waals surface area contributed by atoms with Crippen LogP contribution in [0.15, 0.2) is 23.4 Å². The number of rotatable bonds is 5. The molecule has 0 spiro atoms. The number of hydrazine groups is 1. The highest BCUT2D eigenvalue weighted by Crippen LogP contribution is 2.35. The third-order valence-electron chi connectivity index (χ3n) is 4.71. The Morgan fingerprint density at radius 1 is 1.19 bits per heavy atom. The van der Waals surface area contributed by atoms with Gasteiger partial charge in [-0.15, -0.1) is 11.8 Å². The van der Waals surface area contributed by atoms with Gasteiger partial charge in [-0.25, -0.2) is 13.4 Å². The number of hydrogen-bond donors (Lipinski definition) is 2. The molecule has 1 aliphatic heterocycles. The number of aromatic nitrogens is 1. The van der Waals surface area contributed by atoms with Crippen LogP contribution in [0.1, 0.15) is 48.9 Å². The molecule has 1 aromatic heterocycles. The Kier molecular flexibility index (Phi) is 6.18. The quantitative estimate of drug-likeness (QED) is 0.733. The van der Waals surface area contributed by atoms with E-state index in [-0.39, 0.29) is 29.8 Å². The molecule has 0 radical (unpaired) electrons. The number of nitrogens with one attached hydrogen (secondary N) is 2. The minimum Gasteiger partial charge on any atom is -0.273 e. The summed E-state index contributed by atoms with van der Waals surface area (Å²) in [6.07, 6.45) is 6.92. The Bertz CT molecular complexity index is 776. The van der Waals surface area contributed by atoms with Crippen molar-refractivity contribution in [2.45, 2.75) is 48.8 Å². The zero-order valence-corrected chi connectivity index (χ0v) is 16.1. The molecule has 1 unspecified atom stereocenters. The fourth-order valence-corrected chi connectivity index (χ4v) is 6.52. The van der Waals surface area contributed by atoms with Gasteiger partial charge in [0, 0.05) is 17.9 Å². The Hall–Kier alpha value is -1.61. The van der Waals surface area contributed by atoms with Crippen LogP contribution < -0.4 is 10.9 Å². The number of sulfone groups is 1. The molecule has 3 rings (SSSR count). The average Bonchev–Trinajstić information content (AvgIpc) is 3.22. The maximum absolute atomic E-state index is 12.4. The first-order chi connectivity index (χ1) is 12.4. The monoisotopic (exact) mass is 397 g/mol. The van der Waals surface area contributed by atoms with Crippen molar-refractivity contribution in [1.29, 1.82) is 0 Å². The fraction of sp³-hybridized carbons (Fsp3) is 0.588. The lowest BCUT2D eigenvalue weighted by Crippen LogP contribution is -2.42. The first-order valence-electron chi connectivity index (χ1n) is 8.84. The van der Waals surface area contributed by atoms with Gasteiger partial charge in [0.1, 0.15) is 5.03 Å². The zero-order valence-electron chi connectivity index (χ0n) is 14.4. The lowest BCUT2D eigenvalue weighted by atomic mass is 10.1. The second-order valence-electron chi connectivity index (χ2n) is 6.86. The minimum absolute atomic E-state index is 0.0408. The van der Waals surface area contributed by atoms with E-state index in [4.69, 9.17) is 0 Å². The molecule has 2 amide bonds. The van der Waals surface area contributed by atoms with Crippen molar-refractivity contribution in [1.82, 2.24) is 15.8 Å². The molecule has 26 heavy (non-hydrogen) atoms. The Labute approximate surface area is 157 Å². The van der Waals surface area contributed by atoms with E-state index in [0.29, 0.717) is 22.3 Å². The summed E-state index contributed by atoms with van der Waals surface area (Å²) in [5, 5.41) is 1.16. The first kappa shape index (κ1) is 19.2. The fourth-order valence-electron chi connectivity index (χ4n) is 3.36. The van der Waals surface area contributed by atoms with Crippen molar-refractivity contribution in [2.75, 3.05) is 11.5 Å². The highest BCUT2D eigenvalue weighted by atomic mass is 32.2. The summed E-state index contributed by atoms with van der Waals surface area (Å²) >= 11 is 1.61. The average molecular weight is 398 g/mol. The van der Waals surface area contributed by atoms with E-state index < -0.39 is 15.7 Å². The van der Waals surface area contributed by atoms with E-state index in [1.807, 2.05) is 0 Å². The summed E-state index contributed by atoms with van der Waals surface area (Å²) in [7, 11) is -3.01. The summed E-state index contributed by atoms with van der Waals surface area (Å²) in [5.41, 5.74) is 5.24. The van der Waals surface area contributed by atoms with Crippen LogP contribution in [-0.2, 0) is 14.6 Å². The van der Waals surface area contributed by atoms with Crippen LogP contribution >= 0.6 is 11.8 Å². The van der Waals surface area contributed by atoms with Crippen LogP contribution in [0.25, 0.3) is 0 Å². The molecule has 0 bridgehead atoms. The maximum Gasteiger partial charge on any atom is 0.272 e. The van der Waals surface area contributed by atoms with Crippen molar-refractivity contribution in [2.24, 2.45) is 5.92 Å². The molecule has 7 nitrogen and oxygen atoms in total. The number of hydrogen-bond acceptors (Lipinski definition) is 6. The molecule has 9 heteroatoms. The third kappa shape index (κ3) is 5.20. The topological polar surface area (TPSA) is 105 Å². The number of nitrogens with zero attached hydrogens (tertiary/aromatic N) is 1. The van der Waals surface area contributed by atoms with Gasteiger partial charge in [-0.1, -0.05) is 12.8 Å². The van der Waals surface area contributed by atoms with Crippen LogP contribution in [0.5, 0.6) is 0 Å². The van der Waals surface area contributed by atoms with Crippen LogP contribution in [0, 0.1) is 5.92 Å². The molecular weight excluding hydrogens is 374 g/mol. The molecule has 2 heterocycles. The standard InChI is InChI=1S/C17H23N3O4S2/c21-15(10-12-7-9-26(23,24)11-12)19-20-16(22)14-6-3-8-18-17(14)25-13-4-1-2-5-13/h3,6,8,12-13H,1-2,4-5,7,9-11H2,(H,19,21)(H,20,22). The molecule has 1 aromatic rings. The number of pyridine rings is 1. The smallest absolute Gasteiger partial charge is 0.272 e. The van der Waals surface area contributed by atoms with Gasteiger partial charge in [-0.05, 0) is 37.3 Å². The molecule has 1 saturated carbocycles. The Morgan fingerprint density at radius 2 is 1.96 bits per heavy atom. The molecule has 2 N–H and O–H groups in total. The lowest BCUT2D eigenvalue weighted by molar-refractivity contribution is -0.122. The highest BCUT2D eigenvalue weighted by Gasteiger charge is 2.29. The number of thioether (sulfide) groups is 1. The molecule has 1 aliphatic carbocycles. The van der Waals surface area contributed by atoms with E-state index >= 15 is 0 Å². The molecule has 1 saturated heterocycles. The summed E-state index contributed by atoms with van der Waals surface area (Å²) in [6.45, 7) is 0. The van der Waals surface area contributed by atoms with Crippen molar-refractivity contribution in [3.05, 3.63) is 23.9 Å². The summed E-state index contributed by atoms with van der Waals surface area (Å²) in [6, 6.07) is 3.38. The second kappa shape index (κ2) is 8.39. The van der Waals surface area contributed by atoms with Gasteiger partial charge in [-0.3, -0.25) is 20.4 Å². The lowest BCUT2D eigenvalue weighted by Gasteiger charge is -2.13. The number of carbonyl (C=O) groups is 2. The van der Waals surface area contributed by atoms with Gasteiger partial charge in [0.15, 0.2) is 9.84 Å². The van der Waals surface area contributed by atoms with Crippen molar-refractivity contribution in [3.8, 4) is 0 Å². The van der Waals surface area contributed by atoms with Crippen molar-refractivity contribution >= 4 is 33.4 Å². The summed E-state index contributed by atoms with van der Waals surface area (Å²) in [5.74, 6) is -0.794. The van der Waals surface area contributed by atoms with Crippen molar-refractivity contribution in [3.63, 3.8) is 0 Å². The predicted octanol–water partition coefficient (Wildman–Crippen LogP) is 1.70. The van der Waals surface area contributed by atoms with E-state index in [0.717, 1.165) is 12.8 Å². The van der Waals surface area contributed by atoms with Crippen LogP contribution in [0.4, 0.5) is 0 Å². The van der Waals surface area contributed by atoms with E-state index in [1.54, 1.807) is 30.1 Å². The summed E-state index contributed by atoms with van der Waals surface area (Å²) in [4.78, 5) is 28.7. The van der Waals surface area contributed by atoms with Crippen LogP contribution in [0.2, 0.25) is 0 Å². The van der Waals surface area contributed by atoms with Gasteiger partial charge in [-0.2, -0.15) is 0 Å². The Balaban J connectivity index is 1.52. The largest absolute Gasteiger partial charge is 0.273 e. The van der Waals surface area contributed by atoms with Gasteiger partial charge < -0.3 is 0 Å². The Morgan fingerprint density at radius 3 is 2.65 bits per heavy atom. The van der Waals surface area contributed by atoms with E-state index in [1.165, 1.54) is 12.8 Å².